The number of anilines is 2. The molecule has 5 aromatic rings. The van der Waals surface area contributed by atoms with E-state index in [9.17, 15) is 0 Å². The molecule has 3 aromatic heterocycles. The number of H-pyrrole nitrogens is 1. The van der Waals surface area contributed by atoms with Crippen LogP contribution in [-0.2, 0) is 0 Å². The average molecular weight is 517 g/mol. The Morgan fingerprint density at radius 1 is 0.879 bits per heavy atom. The van der Waals surface area contributed by atoms with Gasteiger partial charge in [-0.25, -0.2) is 19.9 Å². The highest BCUT2D eigenvalue weighted by molar-refractivity contribution is 7.22. The van der Waals surface area contributed by atoms with Gasteiger partial charge in [0.25, 0.3) is 0 Å². The van der Waals surface area contributed by atoms with Crippen molar-refractivity contribution < 1.29 is 0 Å². The zero-order chi connectivity index (χ0) is 22.8. The molecule has 0 saturated carbocycles. The molecule has 7 nitrogen and oxygen atoms in total. The summed E-state index contributed by atoms with van der Waals surface area (Å²) in [6.07, 6.45) is 5.07. The monoisotopic (exact) mass is 515 g/mol. The highest BCUT2D eigenvalue weighted by atomic mass is 35.5. The summed E-state index contributed by atoms with van der Waals surface area (Å²) in [5.41, 5.74) is 3.92. The third-order valence-corrected chi connectivity index (χ3v) is 6.56. The molecule has 0 atom stereocenters. The second-order valence-corrected chi connectivity index (χ2v) is 9.34. The van der Waals surface area contributed by atoms with Crippen LogP contribution < -0.4 is 10.6 Å². The molecule has 0 fully saturated rings. The van der Waals surface area contributed by atoms with E-state index in [-0.39, 0.29) is 0 Å². The maximum Gasteiger partial charge on any atom is 0.223 e. The topological polar surface area (TPSA) is 91.4 Å². The van der Waals surface area contributed by atoms with Gasteiger partial charge in [-0.2, -0.15) is 0 Å². The van der Waals surface area contributed by atoms with E-state index in [1.54, 1.807) is 42.2 Å². The number of benzene rings is 2. The number of hydrogen-bond donors (Lipinski definition) is 3. The Hall–Kier alpha value is -2.91. The fourth-order valence-electron chi connectivity index (χ4n) is 3.27. The van der Waals surface area contributed by atoms with Crippen LogP contribution in [0.2, 0.25) is 15.1 Å². The molecule has 2 aromatic carbocycles. The number of nitrogens with zero attached hydrogens (tertiary/aromatic N) is 4. The summed E-state index contributed by atoms with van der Waals surface area (Å²) < 4.78 is 1.04. The number of nitrogens with one attached hydrogen (secondary N) is 3. The van der Waals surface area contributed by atoms with Crippen molar-refractivity contribution in [1.82, 2.24) is 24.9 Å². The van der Waals surface area contributed by atoms with Crippen LogP contribution >= 0.6 is 46.1 Å². The summed E-state index contributed by atoms with van der Waals surface area (Å²) in [5.74, 6) is 0.483. The standard InChI is InChI=1S/C22H16Cl3N7S/c23-12-1-3-14(16(25)7-12)20-15(18-10-26-11-30-18)9-29-21(32-20)27-5-6-28-22-31-17-4-2-13(24)8-19(17)33-22/h1-4,7-11H,5-6H2,(H,26,30)(H,28,31)(H,27,29,32). The fourth-order valence-corrected chi connectivity index (χ4v) is 4.94. The van der Waals surface area contributed by atoms with Crippen molar-refractivity contribution in [3.05, 3.63) is 70.2 Å². The number of fused-ring (bicyclic) bond motifs is 1. The summed E-state index contributed by atoms with van der Waals surface area (Å²) in [7, 11) is 0. The largest absolute Gasteiger partial charge is 0.360 e. The number of aromatic amines is 1. The third kappa shape index (κ3) is 4.89. The first kappa shape index (κ1) is 21.9. The van der Waals surface area contributed by atoms with E-state index in [1.165, 1.54) is 0 Å². The van der Waals surface area contributed by atoms with Crippen LogP contribution in [0.15, 0.2) is 55.1 Å². The maximum absolute atomic E-state index is 6.47. The van der Waals surface area contributed by atoms with Crippen molar-refractivity contribution in [2.24, 2.45) is 0 Å². The first-order valence-electron chi connectivity index (χ1n) is 9.92. The lowest BCUT2D eigenvalue weighted by molar-refractivity contribution is 1.03. The molecule has 0 amide bonds. The number of hydrogen-bond acceptors (Lipinski definition) is 7. The minimum absolute atomic E-state index is 0.483. The lowest BCUT2D eigenvalue weighted by Gasteiger charge is -2.12. The minimum Gasteiger partial charge on any atom is -0.360 e. The number of rotatable bonds is 7. The molecule has 0 saturated heterocycles. The first-order valence-corrected chi connectivity index (χ1v) is 11.9. The lowest BCUT2D eigenvalue weighted by atomic mass is 10.1. The van der Waals surface area contributed by atoms with Crippen molar-refractivity contribution in [3.63, 3.8) is 0 Å². The fraction of sp³-hybridized carbons (Fsp3) is 0.0909. The Kier molecular flexibility index (Phi) is 6.32. The van der Waals surface area contributed by atoms with E-state index in [2.05, 4.69) is 30.6 Å². The lowest BCUT2D eigenvalue weighted by Crippen LogP contribution is -2.15. The smallest absolute Gasteiger partial charge is 0.223 e. The van der Waals surface area contributed by atoms with E-state index in [1.807, 2.05) is 24.3 Å². The van der Waals surface area contributed by atoms with Gasteiger partial charge in [0.15, 0.2) is 5.13 Å². The van der Waals surface area contributed by atoms with Crippen LogP contribution in [-0.4, -0.2) is 38.0 Å². The van der Waals surface area contributed by atoms with Gasteiger partial charge < -0.3 is 15.6 Å². The summed E-state index contributed by atoms with van der Waals surface area (Å²) in [6.45, 7) is 1.23. The molecule has 0 aliphatic heterocycles. The first-order chi connectivity index (χ1) is 16.1. The molecule has 0 bridgehead atoms. The Morgan fingerprint density at radius 3 is 2.52 bits per heavy atom. The summed E-state index contributed by atoms with van der Waals surface area (Å²) in [6, 6.07) is 11.0. The number of halogens is 3. The molecule has 0 radical (unpaired) electrons. The highest BCUT2D eigenvalue weighted by Crippen LogP contribution is 2.35. The van der Waals surface area contributed by atoms with Gasteiger partial charge in [0.05, 0.1) is 39.2 Å². The normalized spacial score (nSPS) is 11.1. The second-order valence-electron chi connectivity index (χ2n) is 7.03. The van der Waals surface area contributed by atoms with Crippen molar-refractivity contribution in [3.8, 4) is 22.5 Å². The molecule has 0 spiro atoms. The zero-order valence-corrected chi connectivity index (χ0v) is 20.0. The van der Waals surface area contributed by atoms with Gasteiger partial charge in [0, 0.05) is 40.5 Å². The Bertz CT molecular complexity index is 1420. The van der Waals surface area contributed by atoms with E-state index < -0.39 is 0 Å². The number of aromatic nitrogens is 5. The van der Waals surface area contributed by atoms with Crippen molar-refractivity contribution >= 4 is 67.4 Å². The summed E-state index contributed by atoms with van der Waals surface area (Å²) in [4.78, 5) is 20.9. The van der Waals surface area contributed by atoms with Crippen LogP contribution in [0.4, 0.5) is 11.1 Å². The molecule has 0 aliphatic carbocycles. The van der Waals surface area contributed by atoms with E-state index in [0.29, 0.717) is 39.8 Å². The molecule has 166 valence electrons. The van der Waals surface area contributed by atoms with Crippen LogP contribution in [0.1, 0.15) is 0 Å². The molecular formula is C22H16Cl3N7S. The van der Waals surface area contributed by atoms with Crippen molar-refractivity contribution in [2.45, 2.75) is 0 Å². The molecule has 3 heterocycles. The van der Waals surface area contributed by atoms with Gasteiger partial charge in [0.1, 0.15) is 0 Å². The van der Waals surface area contributed by atoms with Crippen LogP contribution in [0.5, 0.6) is 0 Å². The Labute approximate surface area is 208 Å². The van der Waals surface area contributed by atoms with Gasteiger partial charge in [-0.3, -0.25) is 0 Å². The molecule has 11 heteroatoms. The van der Waals surface area contributed by atoms with Gasteiger partial charge in [0.2, 0.25) is 5.95 Å². The number of imidazole rings is 1. The van der Waals surface area contributed by atoms with Gasteiger partial charge in [-0.15, -0.1) is 0 Å². The summed E-state index contributed by atoms with van der Waals surface area (Å²) >= 11 is 20.2. The van der Waals surface area contributed by atoms with Crippen molar-refractivity contribution in [2.75, 3.05) is 23.7 Å². The molecular weight excluding hydrogens is 501 g/mol. The molecule has 5 rings (SSSR count). The predicted molar refractivity (Wildman–Crippen MR) is 137 cm³/mol. The second kappa shape index (κ2) is 9.52. The molecule has 3 N–H and O–H groups in total. The van der Waals surface area contributed by atoms with Crippen LogP contribution in [0.25, 0.3) is 32.7 Å². The van der Waals surface area contributed by atoms with Crippen LogP contribution in [0.3, 0.4) is 0 Å². The van der Waals surface area contributed by atoms with E-state index in [4.69, 9.17) is 39.8 Å². The average Bonchev–Trinajstić information content (AvgIpc) is 3.46. The van der Waals surface area contributed by atoms with Gasteiger partial charge in [-0.05, 0) is 36.4 Å². The SMILES string of the molecule is Clc1ccc(-c2nc(NCCNc3nc4ccc(Cl)cc4s3)ncc2-c2cnc[nH]2)c(Cl)c1. The van der Waals surface area contributed by atoms with E-state index >= 15 is 0 Å². The highest BCUT2D eigenvalue weighted by Gasteiger charge is 2.15. The number of thiazole rings is 1. The summed E-state index contributed by atoms with van der Waals surface area (Å²) in [5, 5.41) is 9.16. The van der Waals surface area contributed by atoms with Crippen LogP contribution in [0, 0.1) is 0 Å². The maximum atomic E-state index is 6.47. The molecule has 33 heavy (non-hydrogen) atoms. The molecule has 0 aliphatic rings. The zero-order valence-electron chi connectivity index (χ0n) is 16.9. The molecule has 0 unspecified atom stereocenters. The Balaban J connectivity index is 1.33. The van der Waals surface area contributed by atoms with Gasteiger partial charge in [-0.1, -0.05) is 46.1 Å². The van der Waals surface area contributed by atoms with Crippen molar-refractivity contribution in [1.29, 1.82) is 0 Å². The quantitative estimate of drug-likeness (QED) is 0.210. The Morgan fingerprint density at radius 2 is 1.70 bits per heavy atom. The van der Waals surface area contributed by atoms with E-state index in [0.717, 1.165) is 32.2 Å². The predicted octanol–water partition coefficient (Wildman–Crippen LogP) is 6.63. The third-order valence-electron chi connectivity index (χ3n) is 4.80. The van der Waals surface area contributed by atoms with Gasteiger partial charge >= 0.3 is 0 Å². The minimum atomic E-state index is 0.483.